The van der Waals surface area contributed by atoms with Crippen molar-refractivity contribution in [3.8, 4) is 0 Å². The fraction of sp³-hybridized carbons (Fsp3) is 0.750. The minimum atomic E-state index is -2.05. The first kappa shape index (κ1) is 18.2. The number of urea groups is 1. The third kappa shape index (κ3) is 6.37. The molecule has 116 valence electrons. The average molecular weight is 289 g/mol. The number of carboxylic acid groups (broad SMARTS) is 1. The van der Waals surface area contributed by atoms with E-state index in [-0.39, 0.29) is 25.0 Å². The van der Waals surface area contributed by atoms with Gasteiger partial charge >= 0.3 is 12.0 Å². The van der Waals surface area contributed by atoms with E-state index in [0.29, 0.717) is 0 Å². The Morgan fingerprint density at radius 1 is 1.30 bits per heavy atom. The van der Waals surface area contributed by atoms with Gasteiger partial charge in [0.05, 0.1) is 6.54 Å². The predicted molar refractivity (Wildman–Crippen MR) is 72.2 cm³/mol. The normalized spacial score (nSPS) is 13.5. The van der Waals surface area contributed by atoms with Gasteiger partial charge in [0, 0.05) is 12.6 Å². The number of aliphatic hydroxyl groups is 1. The Labute approximate surface area is 118 Å². The standard InChI is InChI=1S/C12H23N3O5/c1-5-15(6-9(16)14-8(2)3)11(19)13-7-12(4,20)10(17)18/h8,20H,5-7H2,1-4H3,(H,13,19)(H,14,16)(H,17,18). The molecule has 20 heavy (non-hydrogen) atoms. The second-order valence-electron chi connectivity index (χ2n) is 4.97. The Morgan fingerprint density at radius 3 is 2.25 bits per heavy atom. The maximum absolute atomic E-state index is 11.8. The van der Waals surface area contributed by atoms with Gasteiger partial charge in [-0.1, -0.05) is 0 Å². The zero-order valence-electron chi connectivity index (χ0n) is 12.3. The number of likely N-dealkylation sites (N-methyl/N-ethyl adjacent to an activating group) is 1. The number of aliphatic carboxylic acids is 1. The Bertz CT molecular complexity index is 368. The molecule has 1 atom stereocenters. The SMILES string of the molecule is CCN(CC(=O)NC(C)C)C(=O)NCC(C)(O)C(=O)O. The number of nitrogens with zero attached hydrogens (tertiary/aromatic N) is 1. The molecule has 0 aromatic heterocycles. The molecule has 0 aliphatic rings. The Balaban J connectivity index is 4.42. The third-order valence-corrected chi connectivity index (χ3v) is 2.50. The number of carbonyl (C=O) groups is 3. The number of hydrogen-bond acceptors (Lipinski definition) is 4. The first-order chi connectivity index (χ1) is 9.10. The van der Waals surface area contributed by atoms with Crippen molar-refractivity contribution < 1.29 is 24.6 Å². The minimum absolute atomic E-state index is 0.0305. The molecule has 1 unspecified atom stereocenters. The van der Waals surface area contributed by atoms with Crippen LogP contribution in [0.4, 0.5) is 4.79 Å². The van der Waals surface area contributed by atoms with Crippen molar-refractivity contribution in [2.75, 3.05) is 19.6 Å². The van der Waals surface area contributed by atoms with E-state index < -0.39 is 24.1 Å². The summed E-state index contributed by atoms with van der Waals surface area (Å²) < 4.78 is 0. The lowest BCUT2D eigenvalue weighted by molar-refractivity contribution is -0.155. The highest BCUT2D eigenvalue weighted by Gasteiger charge is 2.31. The van der Waals surface area contributed by atoms with Crippen LogP contribution in [0.1, 0.15) is 27.7 Å². The highest BCUT2D eigenvalue weighted by molar-refractivity contribution is 5.84. The van der Waals surface area contributed by atoms with Crippen molar-refractivity contribution in [2.24, 2.45) is 0 Å². The van der Waals surface area contributed by atoms with Gasteiger partial charge in [-0.05, 0) is 27.7 Å². The van der Waals surface area contributed by atoms with Crippen LogP contribution in [0.15, 0.2) is 0 Å². The van der Waals surface area contributed by atoms with Gasteiger partial charge in [0.15, 0.2) is 5.60 Å². The Morgan fingerprint density at radius 2 is 1.85 bits per heavy atom. The Hall–Kier alpha value is -1.83. The van der Waals surface area contributed by atoms with Crippen LogP contribution in [0.25, 0.3) is 0 Å². The summed E-state index contributed by atoms with van der Waals surface area (Å²) in [5.41, 5.74) is -2.05. The molecule has 0 bridgehead atoms. The van der Waals surface area contributed by atoms with Crippen molar-refractivity contribution in [1.82, 2.24) is 15.5 Å². The van der Waals surface area contributed by atoms with Crippen molar-refractivity contribution in [2.45, 2.75) is 39.3 Å². The summed E-state index contributed by atoms with van der Waals surface area (Å²) in [5, 5.41) is 23.1. The molecule has 0 saturated heterocycles. The van der Waals surface area contributed by atoms with Crippen LogP contribution < -0.4 is 10.6 Å². The molecule has 4 N–H and O–H groups in total. The highest BCUT2D eigenvalue weighted by Crippen LogP contribution is 2.01. The van der Waals surface area contributed by atoms with Gasteiger partial charge in [-0.25, -0.2) is 9.59 Å². The molecule has 0 aliphatic heterocycles. The van der Waals surface area contributed by atoms with Crippen LogP contribution in [-0.2, 0) is 9.59 Å². The molecule has 0 aromatic carbocycles. The zero-order chi connectivity index (χ0) is 15.9. The molecule has 3 amide bonds. The third-order valence-electron chi connectivity index (χ3n) is 2.50. The molecule has 0 fully saturated rings. The number of nitrogens with one attached hydrogen (secondary N) is 2. The van der Waals surface area contributed by atoms with E-state index in [2.05, 4.69) is 10.6 Å². The van der Waals surface area contributed by atoms with Crippen LogP contribution in [0.3, 0.4) is 0 Å². The minimum Gasteiger partial charge on any atom is -0.479 e. The lowest BCUT2D eigenvalue weighted by Crippen LogP contribution is -2.52. The van der Waals surface area contributed by atoms with Gasteiger partial charge in [0.1, 0.15) is 6.54 Å². The number of carboxylic acids is 1. The smallest absolute Gasteiger partial charge is 0.337 e. The highest BCUT2D eigenvalue weighted by atomic mass is 16.4. The molecule has 0 aromatic rings. The molecule has 0 saturated carbocycles. The van der Waals surface area contributed by atoms with Crippen molar-refractivity contribution >= 4 is 17.9 Å². The summed E-state index contributed by atoms with van der Waals surface area (Å²) in [6.45, 7) is 6.09. The topological polar surface area (TPSA) is 119 Å². The summed E-state index contributed by atoms with van der Waals surface area (Å²) in [6, 6.07) is -0.634. The van der Waals surface area contributed by atoms with E-state index in [1.165, 1.54) is 4.90 Å². The molecule has 0 rings (SSSR count). The molecule has 0 heterocycles. The molecule has 0 radical (unpaired) electrons. The van der Waals surface area contributed by atoms with E-state index in [0.717, 1.165) is 6.92 Å². The molecular weight excluding hydrogens is 266 g/mol. The van der Waals surface area contributed by atoms with Gasteiger partial charge in [0.2, 0.25) is 5.91 Å². The van der Waals surface area contributed by atoms with Crippen LogP contribution in [-0.4, -0.2) is 64.3 Å². The summed E-state index contributed by atoms with van der Waals surface area (Å²) in [6.07, 6.45) is 0. The number of hydrogen-bond donors (Lipinski definition) is 4. The zero-order valence-corrected chi connectivity index (χ0v) is 12.3. The second kappa shape index (κ2) is 7.68. The molecule has 0 aliphatic carbocycles. The van der Waals surface area contributed by atoms with Crippen LogP contribution in [0, 0.1) is 0 Å². The monoisotopic (exact) mass is 289 g/mol. The lowest BCUT2D eigenvalue weighted by atomic mass is 10.1. The molecule has 8 heteroatoms. The van der Waals surface area contributed by atoms with Gasteiger partial charge in [-0.15, -0.1) is 0 Å². The van der Waals surface area contributed by atoms with E-state index in [4.69, 9.17) is 5.11 Å². The lowest BCUT2D eigenvalue weighted by Gasteiger charge is -2.24. The van der Waals surface area contributed by atoms with Gasteiger partial charge in [-0.3, -0.25) is 4.79 Å². The van der Waals surface area contributed by atoms with Crippen molar-refractivity contribution in [3.05, 3.63) is 0 Å². The van der Waals surface area contributed by atoms with E-state index in [1.807, 2.05) is 0 Å². The summed E-state index contributed by atoms with van der Waals surface area (Å²) >= 11 is 0. The molecular formula is C12H23N3O5. The number of amides is 3. The average Bonchev–Trinajstić information content (AvgIpc) is 2.32. The van der Waals surface area contributed by atoms with Gasteiger partial charge in [0.25, 0.3) is 0 Å². The van der Waals surface area contributed by atoms with Crippen LogP contribution in [0.5, 0.6) is 0 Å². The fourth-order valence-corrected chi connectivity index (χ4v) is 1.30. The summed E-state index contributed by atoms with van der Waals surface area (Å²) in [5.74, 6) is -1.74. The van der Waals surface area contributed by atoms with E-state index in [1.54, 1.807) is 20.8 Å². The van der Waals surface area contributed by atoms with E-state index in [9.17, 15) is 19.5 Å². The van der Waals surface area contributed by atoms with Crippen molar-refractivity contribution in [3.63, 3.8) is 0 Å². The Kier molecular flexibility index (Phi) is 6.98. The van der Waals surface area contributed by atoms with Crippen LogP contribution >= 0.6 is 0 Å². The molecule has 0 spiro atoms. The summed E-state index contributed by atoms with van der Waals surface area (Å²) in [7, 11) is 0. The quantitative estimate of drug-likeness (QED) is 0.498. The van der Waals surface area contributed by atoms with Crippen LogP contribution in [0.2, 0.25) is 0 Å². The van der Waals surface area contributed by atoms with Crippen molar-refractivity contribution in [1.29, 1.82) is 0 Å². The van der Waals surface area contributed by atoms with E-state index >= 15 is 0 Å². The van der Waals surface area contributed by atoms with Gasteiger partial charge < -0.3 is 25.7 Å². The molecule has 8 nitrogen and oxygen atoms in total. The fourth-order valence-electron chi connectivity index (χ4n) is 1.30. The second-order valence-corrected chi connectivity index (χ2v) is 4.97. The maximum Gasteiger partial charge on any atom is 0.337 e. The maximum atomic E-state index is 11.8. The number of carbonyl (C=O) groups excluding carboxylic acids is 2. The largest absolute Gasteiger partial charge is 0.479 e. The first-order valence-electron chi connectivity index (χ1n) is 6.38. The number of rotatable bonds is 7. The predicted octanol–water partition coefficient (Wildman–Crippen LogP) is -0.622. The first-order valence-corrected chi connectivity index (χ1v) is 6.38. The van der Waals surface area contributed by atoms with Gasteiger partial charge in [-0.2, -0.15) is 0 Å². The summed E-state index contributed by atoms with van der Waals surface area (Å²) in [4.78, 5) is 35.3.